The fourth-order valence-corrected chi connectivity index (χ4v) is 2.53. The Labute approximate surface area is 133 Å². The summed E-state index contributed by atoms with van der Waals surface area (Å²) in [5.41, 5.74) is 1.20. The highest BCUT2D eigenvalue weighted by Gasteiger charge is 2.08. The summed E-state index contributed by atoms with van der Waals surface area (Å²) in [5.74, 6) is -0.373. The fourth-order valence-electron chi connectivity index (χ4n) is 2.36. The van der Waals surface area contributed by atoms with E-state index < -0.39 is 0 Å². The zero-order valence-corrected chi connectivity index (χ0v) is 12.4. The number of carbonyl (C=O) groups excluding carboxylic acids is 1. The van der Waals surface area contributed by atoms with E-state index in [4.69, 9.17) is 11.6 Å². The lowest BCUT2D eigenvalue weighted by atomic mass is 10.0. The molecule has 0 saturated heterocycles. The average Bonchev–Trinajstić information content (AvgIpc) is 2.52. The molecule has 0 unspecified atom stereocenters. The van der Waals surface area contributed by atoms with Crippen LogP contribution in [-0.4, -0.2) is 10.9 Å². The lowest BCUT2D eigenvalue weighted by Crippen LogP contribution is -1.94. The van der Waals surface area contributed by atoms with Crippen LogP contribution in [0.15, 0.2) is 66.7 Å². The Kier molecular flexibility index (Phi) is 3.94. The van der Waals surface area contributed by atoms with E-state index in [0.29, 0.717) is 5.02 Å². The summed E-state index contributed by atoms with van der Waals surface area (Å²) in [6.45, 7) is 0. The average molecular weight is 309 g/mol. The molecule has 108 valence electrons. The van der Waals surface area contributed by atoms with Crippen molar-refractivity contribution in [2.75, 3.05) is 0 Å². The van der Waals surface area contributed by atoms with Gasteiger partial charge in [-0.3, -0.25) is 4.79 Å². The summed E-state index contributed by atoms with van der Waals surface area (Å²) in [5, 5.41) is 12.4. The molecule has 0 bridgehead atoms. The molecular weight excluding hydrogens is 296 g/mol. The van der Waals surface area contributed by atoms with E-state index in [1.54, 1.807) is 12.1 Å². The summed E-state index contributed by atoms with van der Waals surface area (Å²) in [6, 6.07) is 18.4. The van der Waals surface area contributed by atoms with Crippen molar-refractivity contribution in [3.05, 3.63) is 82.9 Å². The number of phenols is 1. The minimum absolute atomic E-state index is 0.111. The molecule has 0 amide bonds. The summed E-state index contributed by atoms with van der Waals surface area (Å²) in [7, 11) is 0. The summed E-state index contributed by atoms with van der Waals surface area (Å²) < 4.78 is 0. The predicted molar refractivity (Wildman–Crippen MR) is 90.4 cm³/mol. The van der Waals surface area contributed by atoms with Crippen molar-refractivity contribution >= 4 is 34.2 Å². The fraction of sp³-hybridized carbons (Fsp3) is 0. The Morgan fingerprint density at radius 1 is 1.00 bits per heavy atom. The number of benzene rings is 3. The van der Waals surface area contributed by atoms with Crippen molar-refractivity contribution in [1.82, 2.24) is 0 Å². The van der Waals surface area contributed by atoms with Gasteiger partial charge in [-0.25, -0.2) is 0 Å². The number of carbonyl (C=O) groups is 1. The molecule has 0 fully saturated rings. The molecule has 3 aromatic carbocycles. The van der Waals surface area contributed by atoms with Gasteiger partial charge in [0.15, 0.2) is 5.78 Å². The first-order valence-corrected chi connectivity index (χ1v) is 7.21. The van der Waals surface area contributed by atoms with E-state index in [2.05, 4.69) is 0 Å². The molecular formula is C19H13ClO2. The van der Waals surface area contributed by atoms with Gasteiger partial charge in [-0.05, 0) is 40.6 Å². The molecule has 0 saturated carbocycles. The zero-order valence-electron chi connectivity index (χ0n) is 11.7. The number of allylic oxidation sites excluding steroid dienone is 1. The number of hydrogen-bond acceptors (Lipinski definition) is 2. The van der Waals surface area contributed by atoms with Gasteiger partial charge in [0, 0.05) is 5.02 Å². The number of fused-ring (bicyclic) bond motifs is 1. The van der Waals surface area contributed by atoms with Crippen molar-refractivity contribution in [1.29, 1.82) is 0 Å². The molecule has 22 heavy (non-hydrogen) atoms. The summed E-state index contributed by atoms with van der Waals surface area (Å²) in [4.78, 5) is 12.2. The maximum atomic E-state index is 12.2. The van der Waals surface area contributed by atoms with E-state index in [1.807, 2.05) is 42.5 Å². The second-order valence-corrected chi connectivity index (χ2v) is 5.36. The van der Waals surface area contributed by atoms with E-state index in [1.165, 1.54) is 18.2 Å². The van der Waals surface area contributed by atoms with Gasteiger partial charge in [-0.15, -0.1) is 0 Å². The maximum Gasteiger partial charge on any atom is 0.189 e. The van der Waals surface area contributed by atoms with Crippen molar-refractivity contribution in [3.8, 4) is 5.75 Å². The largest absolute Gasteiger partial charge is 0.507 e. The molecule has 3 heteroatoms. The zero-order chi connectivity index (χ0) is 15.5. The lowest BCUT2D eigenvalue weighted by molar-refractivity contribution is 0.104. The Morgan fingerprint density at radius 3 is 2.59 bits per heavy atom. The first-order chi connectivity index (χ1) is 10.6. The van der Waals surface area contributed by atoms with Crippen LogP contribution in [0.5, 0.6) is 5.75 Å². The third-order valence-electron chi connectivity index (χ3n) is 3.46. The van der Waals surface area contributed by atoms with Crippen LogP contribution in [0, 0.1) is 0 Å². The normalized spacial score (nSPS) is 11.1. The minimum atomic E-state index is -0.262. The summed E-state index contributed by atoms with van der Waals surface area (Å²) in [6.07, 6.45) is 3.23. The van der Waals surface area contributed by atoms with Gasteiger partial charge < -0.3 is 5.11 Å². The Morgan fingerprint density at radius 2 is 1.77 bits per heavy atom. The highest BCUT2D eigenvalue weighted by molar-refractivity contribution is 6.31. The lowest BCUT2D eigenvalue weighted by Gasteiger charge is -2.03. The van der Waals surface area contributed by atoms with E-state index >= 15 is 0 Å². The molecule has 2 nitrogen and oxygen atoms in total. The summed E-state index contributed by atoms with van der Waals surface area (Å²) >= 11 is 5.77. The van der Waals surface area contributed by atoms with Gasteiger partial charge in [-0.2, -0.15) is 0 Å². The smallest absolute Gasteiger partial charge is 0.189 e. The van der Waals surface area contributed by atoms with Crippen molar-refractivity contribution in [2.45, 2.75) is 0 Å². The molecule has 3 rings (SSSR count). The number of rotatable bonds is 3. The third kappa shape index (κ3) is 2.87. The van der Waals surface area contributed by atoms with Crippen LogP contribution in [0.1, 0.15) is 15.9 Å². The highest BCUT2D eigenvalue weighted by Crippen LogP contribution is 2.24. The van der Waals surface area contributed by atoms with Gasteiger partial charge in [-0.1, -0.05) is 60.1 Å². The van der Waals surface area contributed by atoms with Crippen LogP contribution in [0.2, 0.25) is 5.02 Å². The monoisotopic (exact) mass is 308 g/mol. The number of hydrogen-bond donors (Lipinski definition) is 1. The van der Waals surface area contributed by atoms with Crippen LogP contribution in [0.4, 0.5) is 0 Å². The topological polar surface area (TPSA) is 37.3 Å². The standard InChI is InChI=1S/C19H13ClO2/c20-15-9-10-17(19(22)12-15)18(21)11-8-14-6-3-5-13-4-1-2-7-16(13)14/h1-12,22H/b11-8+. The molecule has 0 radical (unpaired) electrons. The van der Waals surface area contributed by atoms with E-state index in [0.717, 1.165) is 16.3 Å². The third-order valence-corrected chi connectivity index (χ3v) is 3.70. The van der Waals surface area contributed by atoms with E-state index in [9.17, 15) is 9.90 Å². The number of halogens is 1. The first kappa shape index (κ1) is 14.4. The Hall–Kier alpha value is -2.58. The van der Waals surface area contributed by atoms with Crippen LogP contribution in [-0.2, 0) is 0 Å². The van der Waals surface area contributed by atoms with Gasteiger partial charge >= 0.3 is 0 Å². The maximum absolute atomic E-state index is 12.2. The van der Waals surface area contributed by atoms with Crippen LogP contribution in [0.25, 0.3) is 16.8 Å². The molecule has 0 spiro atoms. The van der Waals surface area contributed by atoms with Gasteiger partial charge in [0.05, 0.1) is 5.56 Å². The molecule has 1 N–H and O–H groups in total. The molecule has 0 aliphatic carbocycles. The molecule has 0 aliphatic heterocycles. The van der Waals surface area contributed by atoms with Gasteiger partial charge in [0.25, 0.3) is 0 Å². The molecule has 0 aromatic heterocycles. The number of ketones is 1. The van der Waals surface area contributed by atoms with Crippen molar-refractivity contribution in [2.24, 2.45) is 0 Å². The highest BCUT2D eigenvalue weighted by atomic mass is 35.5. The second-order valence-electron chi connectivity index (χ2n) is 4.93. The van der Waals surface area contributed by atoms with Crippen molar-refractivity contribution < 1.29 is 9.90 Å². The van der Waals surface area contributed by atoms with Gasteiger partial charge in [0.1, 0.15) is 5.75 Å². The predicted octanol–water partition coefficient (Wildman–Crippen LogP) is 5.09. The Balaban J connectivity index is 1.94. The second kappa shape index (κ2) is 6.04. The molecule has 3 aromatic rings. The van der Waals surface area contributed by atoms with Crippen LogP contribution >= 0.6 is 11.6 Å². The SMILES string of the molecule is O=C(/C=C/c1cccc2ccccc12)c1ccc(Cl)cc1O. The molecule has 0 heterocycles. The molecule has 0 aliphatic rings. The quantitative estimate of drug-likeness (QED) is 0.540. The first-order valence-electron chi connectivity index (χ1n) is 6.84. The van der Waals surface area contributed by atoms with Crippen LogP contribution < -0.4 is 0 Å². The Bertz CT molecular complexity index is 876. The number of phenolic OH excluding ortho intramolecular Hbond substituents is 1. The molecule has 0 atom stereocenters. The van der Waals surface area contributed by atoms with Crippen molar-refractivity contribution in [3.63, 3.8) is 0 Å². The minimum Gasteiger partial charge on any atom is -0.507 e. The van der Waals surface area contributed by atoms with E-state index in [-0.39, 0.29) is 17.1 Å². The van der Waals surface area contributed by atoms with Gasteiger partial charge in [0.2, 0.25) is 0 Å². The number of aromatic hydroxyl groups is 1. The van der Waals surface area contributed by atoms with Crippen LogP contribution in [0.3, 0.4) is 0 Å².